The van der Waals surface area contributed by atoms with E-state index in [4.69, 9.17) is 0 Å². The monoisotopic (exact) mass is 346 g/mol. The van der Waals surface area contributed by atoms with E-state index >= 15 is 0 Å². The van der Waals surface area contributed by atoms with Crippen LogP contribution in [0.1, 0.15) is 42.4 Å². The molecule has 0 radical (unpaired) electrons. The molecule has 5 rings (SSSR count). The van der Waals surface area contributed by atoms with Gasteiger partial charge in [-0.25, -0.2) is 0 Å². The maximum absolute atomic E-state index is 2.74. The van der Waals surface area contributed by atoms with Gasteiger partial charge in [0.05, 0.1) is 0 Å². The molecule has 0 amide bonds. The summed E-state index contributed by atoms with van der Waals surface area (Å²) in [4.78, 5) is 5.30. The number of rotatable bonds is 4. The summed E-state index contributed by atoms with van der Waals surface area (Å²) >= 11 is 0. The summed E-state index contributed by atoms with van der Waals surface area (Å²) in [6.07, 6.45) is 5.13. The van der Waals surface area contributed by atoms with Crippen LogP contribution in [0.4, 0.5) is 5.69 Å². The molecular weight excluding hydrogens is 316 g/mol. The van der Waals surface area contributed by atoms with Crippen LogP contribution in [0.5, 0.6) is 0 Å². The van der Waals surface area contributed by atoms with Gasteiger partial charge in [0.2, 0.25) is 0 Å². The molecule has 1 aliphatic carbocycles. The predicted octanol–water partition coefficient (Wildman–Crippen LogP) is 4.49. The topological polar surface area (TPSA) is 6.48 Å². The minimum absolute atomic E-state index is 0.639. The first-order chi connectivity index (χ1) is 12.8. The summed E-state index contributed by atoms with van der Waals surface area (Å²) in [6, 6.07) is 19.2. The Bertz CT molecular complexity index is 759. The molecule has 2 heterocycles. The van der Waals surface area contributed by atoms with Crippen molar-refractivity contribution in [1.82, 2.24) is 4.90 Å². The van der Waals surface area contributed by atoms with Crippen molar-refractivity contribution in [2.24, 2.45) is 5.92 Å². The van der Waals surface area contributed by atoms with E-state index in [9.17, 15) is 0 Å². The van der Waals surface area contributed by atoms with E-state index in [0.29, 0.717) is 5.92 Å². The van der Waals surface area contributed by atoms with Crippen molar-refractivity contribution in [3.05, 3.63) is 65.2 Å². The molecule has 2 atom stereocenters. The number of hydrogen-bond acceptors (Lipinski definition) is 2. The summed E-state index contributed by atoms with van der Waals surface area (Å²) < 4.78 is 0. The highest BCUT2D eigenvalue weighted by Gasteiger charge is 2.36. The second kappa shape index (κ2) is 6.74. The Morgan fingerprint density at radius 1 is 1.00 bits per heavy atom. The van der Waals surface area contributed by atoms with Gasteiger partial charge < -0.3 is 4.90 Å². The fraction of sp³-hybridized carbons (Fsp3) is 0.500. The van der Waals surface area contributed by atoms with E-state index in [2.05, 4.69) is 65.3 Å². The van der Waals surface area contributed by atoms with Gasteiger partial charge in [-0.15, -0.1) is 0 Å². The molecule has 0 bridgehead atoms. The lowest BCUT2D eigenvalue weighted by molar-refractivity contribution is 0.0877. The second-order valence-electron chi connectivity index (χ2n) is 8.69. The second-order valence-corrected chi connectivity index (χ2v) is 8.69. The number of hydrogen-bond donors (Lipinski definition) is 0. The third kappa shape index (κ3) is 2.95. The first-order valence-corrected chi connectivity index (χ1v) is 10.4. The van der Waals surface area contributed by atoms with Gasteiger partial charge in [0.15, 0.2) is 0 Å². The number of fused-ring (bicyclic) bond motifs is 1. The molecule has 2 aliphatic heterocycles. The SMILES string of the molecule is CC1CN(c2ccc3c(c2)C(Cc2ccccc2)C(N2CCC2)CC3)C1. The standard InChI is InChI=1S/C24H30N2/c1-18-16-26(17-18)21-10-8-20-9-11-24(25-12-5-13-25)23(22(20)15-21)14-19-6-3-2-4-7-19/h2-4,6-8,10,15,18,23-24H,5,9,11-14,16-17H2,1H3. The van der Waals surface area contributed by atoms with Gasteiger partial charge in [-0.2, -0.15) is 0 Å². The van der Waals surface area contributed by atoms with Gasteiger partial charge in [0, 0.05) is 30.7 Å². The number of nitrogens with zero attached hydrogens (tertiary/aromatic N) is 2. The van der Waals surface area contributed by atoms with Gasteiger partial charge in [-0.3, -0.25) is 4.90 Å². The average molecular weight is 347 g/mol. The Morgan fingerprint density at radius 3 is 2.50 bits per heavy atom. The maximum atomic E-state index is 2.74. The Hall–Kier alpha value is -1.80. The van der Waals surface area contributed by atoms with Crippen molar-refractivity contribution in [2.45, 2.75) is 44.6 Å². The minimum atomic E-state index is 0.639. The summed E-state index contributed by atoms with van der Waals surface area (Å²) in [7, 11) is 0. The number of likely N-dealkylation sites (tertiary alicyclic amines) is 1. The molecular formula is C24H30N2. The van der Waals surface area contributed by atoms with Crippen LogP contribution in [-0.2, 0) is 12.8 Å². The lowest BCUT2D eigenvalue weighted by Crippen LogP contribution is -2.50. The fourth-order valence-electron chi connectivity index (χ4n) is 5.20. The van der Waals surface area contributed by atoms with Crippen LogP contribution < -0.4 is 4.90 Å². The number of aryl methyl sites for hydroxylation is 1. The van der Waals surface area contributed by atoms with Crippen LogP contribution >= 0.6 is 0 Å². The molecule has 2 saturated heterocycles. The van der Waals surface area contributed by atoms with Crippen molar-refractivity contribution < 1.29 is 0 Å². The zero-order chi connectivity index (χ0) is 17.5. The van der Waals surface area contributed by atoms with Crippen LogP contribution in [0.2, 0.25) is 0 Å². The molecule has 2 unspecified atom stereocenters. The lowest BCUT2D eigenvalue weighted by Gasteiger charge is -2.46. The van der Waals surface area contributed by atoms with Crippen LogP contribution in [0.15, 0.2) is 48.5 Å². The molecule has 136 valence electrons. The first kappa shape index (κ1) is 16.4. The van der Waals surface area contributed by atoms with Gasteiger partial charge in [-0.05, 0) is 73.5 Å². The Morgan fingerprint density at radius 2 is 1.81 bits per heavy atom. The zero-order valence-electron chi connectivity index (χ0n) is 15.9. The van der Waals surface area contributed by atoms with E-state index in [0.717, 1.165) is 12.0 Å². The van der Waals surface area contributed by atoms with Crippen molar-refractivity contribution >= 4 is 5.69 Å². The highest BCUT2D eigenvalue weighted by Crippen LogP contribution is 2.41. The Balaban J connectivity index is 1.48. The molecule has 0 spiro atoms. The molecule has 2 aromatic rings. The molecule has 3 aliphatic rings. The zero-order valence-corrected chi connectivity index (χ0v) is 15.9. The number of anilines is 1. The number of benzene rings is 2. The van der Waals surface area contributed by atoms with E-state index < -0.39 is 0 Å². The van der Waals surface area contributed by atoms with Crippen molar-refractivity contribution in [2.75, 3.05) is 31.1 Å². The summed E-state index contributed by atoms with van der Waals surface area (Å²) in [6.45, 7) is 7.39. The van der Waals surface area contributed by atoms with Crippen LogP contribution in [0.25, 0.3) is 0 Å². The normalized spacial score (nSPS) is 26.1. The average Bonchev–Trinajstić information content (AvgIpc) is 2.60. The third-order valence-electron chi connectivity index (χ3n) is 6.79. The highest BCUT2D eigenvalue weighted by atomic mass is 15.2. The van der Waals surface area contributed by atoms with Crippen LogP contribution in [0, 0.1) is 5.92 Å². The van der Waals surface area contributed by atoms with E-state index in [1.54, 1.807) is 11.1 Å². The Labute approximate surface area is 157 Å². The quantitative estimate of drug-likeness (QED) is 0.805. The Kier molecular flexibility index (Phi) is 4.24. The molecule has 2 fully saturated rings. The van der Waals surface area contributed by atoms with Gasteiger partial charge in [0.1, 0.15) is 0 Å². The summed E-state index contributed by atoms with van der Waals surface area (Å²) in [5.41, 5.74) is 6.16. The molecule has 0 N–H and O–H groups in total. The van der Waals surface area contributed by atoms with Gasteiger partial charge in [0.25, 0.3) is 0 Å². The highest BCUT2D eigenvalue weighted by molar-refractivity contribution is 5.55. The smallest absolute Gasteiger partial charge is 0.0369 e. The van der Waals surface area contributed by atoms with Crippen molar-refractivity contribution in [3.63, 3.8) is 0 Å². The fourth-order valence-corrected chi connectivity index (χ4v) is 5.20. The van der Waals surface area contributed by atoms with Gasteiger partial charge in [-0.1, -0.05) is 43.3 Å². The summed E-state index contributed by atoms with van der Waals surface area (Å²) in [5, 5.41) is 0. The lowest BCUT2D eigenvalue weighted by atomic mass is 9.74. The first-order valence-electron chi connectivity index (χ1n) is 10.4. The van der Waals surface area contributed by atoms with Crippen LogP contribution in [0.3, 0.4) is 0 Å². The van der Waals surface area contributed by atoms with Crippen molar-refractivity contribution in [1.29, 1.82) is 0 Å². The van der Waals surface area contributed by atoms with Crippen molar-refractivity contribution in [3.8, 4) is 0 Å². The molecule has 0 aromatic heterocycles. The molecule has 2 nitrogen and oxygen atoms in total. The predicted molar refractivity (Wildman–Crippen MR) is 109 cm³/mol. The molecule has 2 aromatic carbocycles. The van der Waals surface area contributed by atoms with E-state index in [1.165, 1.54) is 63.1 Å². The maximum Gasteiger partial charge on any atom is 0.0369 e. The molecule has 0 saturated carbocycles. The van der Waals surface area contributed by atoms with Gasteiger partial charge >= 0.3 is 0 Å². The summed E-state index contributed by atoms with van der Waals surface area (Å²) in [5.74, 6) is 1.49. The minimum Gasteiger partial charge on any atom is -0.371 e. The molecule has 2 heteroatoms. The van der Waals surface area contributed by atoms with E-state index in [1.807, 2.05) is 0 Å². The largest absolute Gasteiger partial charge is 0.371 e. The van der Waals surface area contributed by atoms with Crippen LogP contribution in [-0.4, -0.2) is 37.1 Å². The molecule has 26 heavy (non-hydrogen) atoms. The van der Waals surface area contributed by atoms with E-state index in [-0.39, 0.29) is 0 Å². The third-order valence-corrected chi connectivity index (χ3v) is 6.79.